The molecule has 23 heavy (non-hydrogen) atoms. The first-order valence-corrected chi connectivity index (χ1v) is 8.08. The summed E-state index contributed by atoms with van der Waals surface area (Å²) in [5.41, 5.74) is 7.57. The van der Waals surface area contributed by atoms with Crippen molar-refractivity contribution in [1.82, 2.24) is 5.32 Å². The Labute approximate surface area is 139 Å². The summed E-state index contributed by atoms with van der Waals surface area (Å²) in [5, 5.41) is 4.12. The normalized spacial score (nSPS) is 14.4. The van der Waals surface area contributed by atoms with Gasteiger partial charge in [-0.25, -0.2) is 4.79 Å². The number of primary amides is 1. The van der Waals surface area contributed by atoms with E-state index < -0.39 is 12.1 Å². The molecule has 0 aliphatic rings. The Bertz CT molecular complexity index is 544. The second kappa shape index (κ2) is 7.59. The van der Waals surface area contributed by atoms with E-state index in [0.29, 0.717) is 5.92 Å². The second-order valence-electron chi connectivity index (χ2n) is 7.48. The van der Waals surface area contributed by atoms with Gasteiger partial charge in [-0.3, -0.25) is 10.1 Å². The molecule has 1 aromatic rings. The summed E-state index contributed by atoms with van der Waals surface area (Å²) in [6.07, 6.45) is 0. The average molecular weight is 320 g/mol. The number of carbonyl (C=O) groups is 2. The minimum Gasteiger partial charge on any atom is -0.351 e. The van der Waals surface area contributed by atoms with Crippen LogP contribution < -0.4 is 16.4 Å². The molecule has 3 amide bonds. The lowest BCUT2D eigenvalue weighted by atomic mass is 9.85. The first-order chi connectivity index (χ1) is 10.5. The number of imide groups is 1. The first kappa shape index (κ1) is 19.2. The Morgan fingerprint density at radius 2 is 1.61 bits per heavy atom. The fraction of sp³-hybridized carbons (Fsp3) is 0.556. The van der Waals surface area contributed by atoms with E-state index in [2.05, 4.69) is 64.2 Å². The number of rotatable bonds is 5. The zero-order valence-corrected chi connectivity index (χ0v) is 15.0. The Morgan fingerprint density at radius 3 is 2.00 bits per heavy atom. The van der Waals surface area contributed by atoms with Gasteiger partial charge in [-0.05, 0) is 17.9 Å². The number of hydrogen-bond donors (Lipinski definition) is 3. The third-order valence-electron chi connectivity index (χ3n) is 4.04. The molecule has 0 unspecified atom stereocenters. The molecule has 0 heterocycles. The highest BCUT2D eigenvalue weighted by Gasteiger charge is 2.26. The predicted octanol–water partition coefficient (Wildman–Crippen LogP) is 1.83. The molecule has 0 aliphatic carbocycles. The van der Waals surface area contributed by atoms with Crippen molar-refractivity contribution in [1.29, 1.82) is 0 Å². The summed E-state index contributed by atoms with van der Waals surface area (Å²) in [6.45, 7) is 12.6. The average Bonchev–Trinajstić information content (AvgIpc) is 2.42. The topological polar surface area (TPSA) is 88.8 Å². The van der Waals surface area contributed by atoms with E-state index in [-0.39, 0.29) is 17.4 Å². The molecule has 0 radical (unpaired) electrons. The number of nitrogens with one attached hydrogen (secondary N) is 1. The molecule has 0 bridgehead atoms. The minimum atomic E-state index is -0.814. The van der Waals surface area contributed by atoms with Crippen LogP contribution in [0.15, 0.2) is 24.3 Å². The maximum absolute atomic E-state index is 11.9. The van der Waals surface area contributed by atoms with Gasteiger partial charge in [0.2, 0.25) is 0 Å². The van der Waals surface area contributed by atoms with Gasteiger partial charge in [-0.15, -0.1) is 0 Å². The third-order valence-corrected chi connectivity index (χ3v) is 4.04. The van der Waals surface area contributed by atoms with Gasteiger partial charge in [0.25, 0.3) is 5.91 Å². The summed E-state index contributed by atoms with van der Waals surface area (Å²) >= 11 is 0. The molecule has 128 valence electrons. The lowest BCUT2D eigenvalue weighted by Gasteiger charge is -2.24. The Morgan fingerprint density at radius 1 is 1.09 bits per heavy atom. The molecule has 5 nitrogen and oxygen atoms in total. The van der Waals surface area contributed by atoms with Crippen molar-refractivity contribution in [2.24, 2.45) is 11.7 Å². The largest absolute Gasteiger partial charge is 0.351 e. The van der Waals surface area contributed by atoms with E-state index in [0.717, 1.165) is 0 Å². The van der Waals surface area contributed by atoms with Crippen molar-refractivity contribution >= 4 is 11.9 Å². The Balaban J connectivity index is 2.90. The zero-order valence-electron chi connectivity index (χ0n) is 15.0. The molecule has 0 saturated carbocycles. The van der Waals surface area contributed by atoms with Gasteiger partial charge in [-0.2, -0.15) is 0 Å². The van der Waals surface area contributed by atoms with Crippen LogP contribution in [0, 0.1) is 5.92 Å². The summed E-state index contributed by atoms with van der Waals surface area (Å²) < 4.78 is 0. The van der Waals surface area contributed by atoms with Crippen LogP contribution in [0.3, 0.4) is 0 Å². The van der Waals surface area contributed by atoms with Crippen LogP contribution in [-0.2, 0) is 10.2 Å². The lowest BCUT2D eigenvalue weighted by molar-refractivity contribution is -0.719. The number of amides is 3. The Hall–Kier alpha value is -1.88. The molecule has 2 atom stereocenters. The number of quaternary nitrogens is 1. The summed E-state index contributed by atoms with van der Waals surface area (Å²) in [4.78, 5) is 22.7. The number of nitrogens with two attached hydrogens (primary N) is 2. The van der Waals surface area contributed by atoms with Crippen molar-refractivity contribution < 1.29 is 14.9 Å². The van der Waals surface area contributed by atoms with Crippen LogP contribution in [-0.4, -0.2) is 18.0 Å². The van der Waals surface area contributed by atoms with Crippen LogP contribution in [0.2, 0.25) is 0 Å². The van der Waals surface area contributed by atoms with E-state index in [9.17, 15) is 9.59 Å². The maximum Gasteiger partial charge on any atom is 0.319 e. The van der Waals surface area contributed by atoms with E-state index in [4.69, 9.17) is 5.73 Å². The smallest absolute Gasteiger partial charge is 0.319 e. The van der Waals surface area contributed by atoms with Gasteiger partial charge in [0.05, 0.1) is 0 Å². The van der Waals surface area contributed by atoms with Crippen LogP contribution in [0.1, 0.15) is 58.7 Å². The number of benzene rings is 1. The van der Waals surface area contributed by atoms with Gasteiger partial charge < -0.3 is 11.1 Å². The zero-order chi connectivity index (χ0) is 17.8. The van der Waals surface area contributed by atoms with Crippen molar-refractivity contribution in [2.45, 2.75) is 59.0 Å². The quantitative estimate of drug-likeness (QED) is 0.772. The summed E-state index contributed by atoms with van der Waals surface area (Å²) in [5.74, 6) is -0.0197. The fourth-order valence-electron chi connectivity index (χ4n) is 2.56. The highest BCUT2D eigenvalue weighted by Crippen LogP contribution is 2.25. The van der Waals surface area contributed by atoms with Gasteiger partial charge in [0.1, 0.15) is 6.04 Å². The van der Waals surface area contributed by atoms with Gasteiger partial charge >= 0.3 is 6.03 Å². The van der Waals surface area contributed by atoms with Crippen molar-refractivity contribution in [3.05, 3.63) is 35.4 Å². The van der Waals surface area contributed by atoms with Crippen molar-refractivity contribution in [3.8, 4) is 0 Å². The molecule has 5 heteroatoms. The van der Waals surface area contributed by atoms with E-state index in [1.165, 1.54) is 11.1 Å². The number of hydrogen-bond acceptors (Lipinski definition) is 2. The first-order valence-electron chi connectivity index (χ1n) is 8.08. The van der Waals surface area contributed by atoms with Gasteiger partial charge in [-0.1, -0.05) is 58.9 Å². The van der Waals surface area contributed by atoms with E-state index in [1.807, 2.05) is 5.32 Å². The standard InChI is InChI=1S/C18H29N3O2/c1-11(2)15(20-12(3)16(22)21-17(19)23)13-7-9-14(10-8-13)18(4,5)6/h7-12,15,20H,1-6H3,(H3,19,21,22,23)/p+1/t12-,15+/m0/s1. The molecule has 1 aromatic carbocycles. The van der Waals surface area contributed by atoms with Crippen LogP contribution in [0.4, 0.5) is 4.79 Å². The molecular weight excluding hydrogens is 290 g/mol. The highest BCUT2D eigenvalue weighted by atomic mass is 16.2. The molecule has 0 saturated heterocycles. The number of carbonyl (C=O) groups excluding carboxylic acids is 2. The highest BCUT2D eigenvalue weighted by molar-refractivity contribution is 5.95. The summed E-state index contributed by atoms with van der Waals surface area (Å²) in [7, 11) is 0. The predicted molar refractivity (Wildman–Crippen MR) is 91.8 cm³/mol. The minimum absolute atomic E-state index is 0.115. The van der Waals surface area contributed by atoms with E-state index in [1.54, 1.807) is 6.92 Å². The molecule has 0 fully saturated rings. The van der Waals surface area contributed by atoms with Gasteiger partial charge in [0.15, 0.2) is 6.04 Å². The monoisotopic (exact) mass is 320 g/mol. The van der Waals surface area contributed by atoms with Gasteiger partial charge in [0, 0.05) is 11.5 Å². The van der Waals surface area contributed by atoms with Crippen molar-refractivity contribution in [3.63, 3.8) is 0 Å². The summed E-state index contributed by atoms with van der Waals surface area (Å²) in [6, 6.07) is 7.47. The van der Waals surface area contributed by atoms with E-state index >= 15 is 0 Å². The third kappa shape index (κ3) is 5.67. The molecule has 0 aliphatic heterocycles. The van der Waals surface area contributed by atoms with Crippen LogP contribution >= 0.6 is 0 Å². The molecule has 1 rings (SSSR count). The second-order valence-corrected chi connectivity index (χ2v) is 7.48. The SMILES string of the molecule is CC(C)[C@@H]([NH2+][C@@H](C)C(=O)NC(N)=O)c1ccc(C(C)(C)C)cc1. The number of urea groups is 1. The molecular formula is C18H30N3O2+. The molecule has 5 N–H and O–H groups in total. The van der Waals surface area contributed by atoms with Crippen LogP contribution in [0.25, 0.3) is 0 Å². The maximum atomic E-state index is 11.9. The molecule has 0 spiro atoms. The van der Waals surface area contributed by atoms with Crippen molar-refractivity contribution in [2.75, 3.05) is 0 Å². The van der Waals surface area contributed by atoms with Crippen LogP contribution in [0.5, 0.6) is 0 Å². The molecule has 0 aromatic heterocycles. The fourth-order valence-corrected chi connectivity index (χ4v) is 2.56. The lowest BCUT2D eigenvalue weighted by Crippen LogP contribution is -2.93. The Kier molecular flexibility index (Phi) is 6.33.